The van der Waals surface area contributed by atoms with Crippen molar-refractivity contribution in [1.29, 1.82) is 0 Å². The average Bonchev–Trinajstić information content (AvgIpc) is 2.66. The third-order valence-electron chi connectivity index (χ3n) is 1.86. The van der Waals surface area contributed by atoms with Crippen LogP contribution in [0.1, 0.15) is 0 Å². The number of rotatable bonds is 2. The van der Waals surface area contributed by atoms with Crippen LogP contribution in [0.25, 0.3) is 5.69 Å². The molecule has 2 aromatic rings. The minimum atomic E-state index is -4.42. The van der Waals surface area contributed by atoms with Gasteiger partial charge in [0.05, 0.1) is 10.7 Å². The number of aromatic nitrogens is 4. The van der Waals surface area contributed by atoms with Crippen molar-refractivity contribution >= 4 is 23.4 Å². The van der Waals surface area contributed by atoms with Crippen molar-refractivity contribution in [2.45, 2.75) is 10.4 Å². The van der Waals surface area contributed by atoms with Crippen molar-refractivity contribution in [2.24, 2.45) is 0 Å². The number of H-pyrrole nitrogens is 1. The standard InChI is InChI=1S/C8H4ClF3N4OS/c9-5-3-4(16-7(17)13-14-15-16)1-2-6(5)18-8(10,11)12/h1-3H,(H,13,15,17). The number of nitrogens with one attached hydrogen (secondary N) is 1. The first-order valence-corrected chi connectivity index (χ1v) is 5.62. The Labute approximate surface area is 107 Å². The first-order valence-electron chi connectivity index (χ1n) is 4.43. The molecule has 0 bridgehead atoms. The van der Waals surface area contributed by atoms with Gasteiger partial charge in [-0.3, -0.25) is 0 Å². The van der Waals surface area contributed by atoms with E-state index in [1.54, 1.807) is 0 Å². The maximum atomic E-state index is 12.2. The van der Waals surface area contributed by atoms with E-state index in [4.69, 9.17) is 11.6 Å². The van der Waals surface area contributed by atoms with Crippen LogP contribution in [0, 0.1) is 0 Å². The summed E-state index contributed by atoms with van der Waals surface area (Å²) < 4.78 is 37.4. The van der Waals surface area contributed by atoms with Gasteiger partial charge in [0, 0.05) is 4.90 Å². The van der Waals surface area contributed by atoms with Gasteiger partial charge in [-0.15, -0.1) is 0 Å². The van der Waals surface area contributed by atoms with Crippen molar-refractivity contribution in [2.75, 3.05) is 0 Å². The maximum absolute atomic E-state index is 12.2. The van der Waals surface area contributed by atoms with Crippen LogP contribution in [0.5, 0.6) is 0 Å². The van der Waals surface area contributed by atoms with E-state index < -0.39 is 11.2 Å². The summed E-state index contributed by atoms with van der Waals surface area (Å²) in [7, 11) is 0. The van der Waals surface area contributed by atoms with Crippen LogP contribution in [0.4, 0.5) is 13.2 Å². The maximum Gasteiger partial charge on any atom is 0.446 e. The zero-order valence-corrected chi connectivity index (χ0v) is 9.97. The van der Waals surface area contributed by atoms with Crippen LogP contribution in [0.2, 0.25) is 5.02 Å². The molecule has 18 heavy (non-hydrogen) atoms. The molecule has 1 aromatic heterocycles. The second kappa shape index (κ2) is 4.65. The number of hydrogen-bond acceptors (Lipinski definition) is 4. The molecule has 0 atom stereocenters. The number of tetrazole rings is 1. The lowest BCUT2D eigenvalue weighted by Gasteiger charge is -2.08. The average molecular weight is 297 g/mol. The second-order valence-corrected chi connectivity index (χ2v) is 4.59. The topological polar surface area (TPSA) is 63.6 Å². The van der Waals surface area contributed by atoms with Crippen molar-refractivity contribution in [1.82, 2.24) is 20.2 Å². The summed E-state index contributed by atoms with van der Waals surface area (Å²) in [5.41, 5.74) is -4.80. The molecule has 0 saturated heterocycles. The lowest BCUT2D eigenvalue weighted by Crippen LogP contribution is -2.15. The van der Waals surface area contributed by atoms with Gasteiger partial charge in [-0.1, -0.05) is 11.6 Å². The van der Waals surface area contributed by atoms with E-state index >= 15 is 0 Å². The Morgan fingerprint density at radius 2 is 2.11 bits per heavy atom. The van der Waals surface area contributed by atoms with Gasteiger partial charge in [0.2, 0.25) is 0 Å². The molecule has 0 spiro atoms. The Balaban J connectivity index is 2.37. The van der Waals surface area contributed by atoms with Gasteiger partial charge in [0.1, 0.15) is 0 Å². The molecule has 2 rings (SSSR count). The Kier molecular flexibility index (Phi) is 3.35. The minimum absolute atomic E-state index is 0.121. The van der Waals surface area contributed by atoms with Gasteiger partial charge >= 0.3 is 11.2 Å². The van der Waals surface area contributed by atoms with Gasteiger partial charge in [0.15, 0.2) is 0 Å². The summed E-state index contributed by atoms with van der Waals surface area (Å²) in [6.07, 6.45) is 0. The zero-order valence-electron chi connectivity index (χ0n) is 8.40. The van der Waals surface area contributed by atoms with E-state index in [1.807, 2.05) is 0 Å². The zero-order chi connectivity index (χ0) is 13.3. The first kappa shape index (κ1) is 13.0. The number of thioether (sulfide) groups is 1. The predicted octanol–water partition coefficient (Wildman–Crippen LogP) is 2.22. The summed E-state index contributed by atoms with van der Waals surface area (Å²) in [6, 6.07) is 3.67. The molecular weight excluding hydrogens is 293 g/mol. The van der Waals surface area contributed by atoms with Crippen molar-refractivity contribution in [3.8, 4) is 5.69 Å². The smallest absolute Gasteiger partial charge is 0.244 e. The molecule has 1 N–H and O–H groups in total. The van der Waals surface area contributed by atoms with E-state index in [-0.39, 0.29) is 27.4 Å². The molecule has 0 aliphatic heterocycles. The summed E-state index contributed by atoms with van der Waals surface area (Å²) in [5, 5.41) is 8.64. The first-order chi connectivity index (χ1) is 8.37. The lowest BCUT2D eigenvalue weighted by atomic mass is 10.3. The van der Waals surface area contributed by atoms with Gasteiger partial charge in [-0.25, -0.2) is 9.89 Å². The monoisotopic (exact) mass is 296 g/mol. The number of nitrogens with zero attached hydrogens (tertiary/aromatic N) is 3. The normalized spacial score (nSPS) is 11.8. The molecule has 10 heteroatoms. The van der Waals surface area contributed by atoms with Gasteiger partial charge in [-0.2, -0.15) is 17.9 Å². The number of halogens is 4. The van der Waals surface area contributed by atoms with Crippen molar-refractivity contribution in [3.63, 3.8) is 0 Å². The van der Waals surface area contributed by atoms with Crippen LogP contribution in [-0.4, -0.2) is 25.7 Å². The largest absolute Gasteiger partial charge is 0.446 e. The van der Waals surface area contributed by atoms with Gasteiger partial charge in [0.25, 0.3) is 0 Å². The molecule has 0 aliphatic rings. The summed E-state index contributed by atoms with van der Waals surface area (Å²) in [5.74, 6) is 0. The van der Waals surface area contributed by atoms with E-state index in [9.17, 15) is 18.0 Å². The molecule has 5 nitrogen and oxygen atoms in total. The highest BCUT2D eigenvalue weighted by Crippen LogP contribution is 2.40. The summed E-state index contributed by atoms with van der Waals surface area (Å²) in [4.78, 5) is 11.1. The molecule has 0 aliphatic carbocycles. The minimum Gasteiger partial charge on any atom is -0.244 e. The van der Waals surface area contributed by atoms with Crippen molar-refractivity contribution in [3.05, 3.63) is 33.7 Å². The molecule has 1 aromatic carbocycles. The Bertz CT molecular complexity index is 623. The summed E-state index contributed by atoms with van der Waals surface area (Å²) >= 11 is 5.38. The highest BCUT2D eigenvalue weighted by molar-refractivity contribution is 8.00. The van der Waals surface area contributed by atoms with E-state index in [0.29, 0.717) is 0 Å². The molecule has 0 amide bonds. The molecular formula is C8H4ClF3N4OS. The van der Waals surface area contributed by atoms with Crippen LogP contribution >= 0.6 is 23.4 Å². The number of hydrogen-bond donors (Lipinski definition) is 1. The second-order valence-electron chi connectivity index (χ2n) is 3.08. The molecule has 96 valence electrons. The number of alkyl halides is 3. The van der Waals surface area contributed by atoms with Crippen LogP contribution in [0.3, 0.4) is 0 Å². The molecule has 0 radical (unpaired) electrons. The number of aromatic amines is 1. The number of benzene rings is 1. The fraction of sp³-hybridized carbons (Fsp3) is 0.125. The van der Waals surface area contributed by atoms with Crippen LogP contribution in [0.15, 0.2) is 27.9 Å². The fourth-order valence-corrected chi connectivity index (χ4v) is 2.03. The third kappa shape index (κ3) is 2.85. The Morgan fingerprint density at radius 3 is 2.61 bits per heavy atom. The quantitative estimate of drug-likeness (QED) is 0.863. The van der Waals surface area contributed by atoms with Gasteiger partial charge in [-0.05, 0) is 40.4 Å². The van der Waals surface area contributed by atoms with E-state index in [0.717, 1.165) is 10.7 Å². The van der Waals surface area contributed by atoms with Crippen molar-refractivity contribution < 1.29 is 13.2 Å². The van der Waals surface area contributed by atoms with Crippen LogP contribution in [-0.2, 0) is 0 Å². The van der Waals surface area contributed by atoms with E-state index in [1.165, 1.54) is 12.1 Å². The Hall–Kier alpha value is -1.48. The Morgan fingerprint density at radius 1 is 1.39 bits per heavy atom. The predicted molar refractivity (Wildman–Crippen MR) is 58.9 cm³/mol. The fourth-order valence-electron chi connectivity index (χ4n) is 1.20. The highest BCUT2D eigenvalue weighted by atomic mass is 35.5. The molecule has 0 unspecified atom stereocenters. The lowest BCUT2D eigenvalue weighted by molar-refractivity contribution is -0.0328. The molecule has 0 fully saturated rings. The van der Waals surface area contributed by atoms with E-state index in [2.05, 4.69) is 15.5 Å². The third-order valence-corrected chi connectivity index (χ3v) is 3.09. The van der Waals surface area contributed by atoms with Gasteiger partial charge < -0.3 is 0 Å². The molecule has 1 heterocycles. The molecule has 0 saturated carbocycles. The van der Waals surface area contributed by atoms with Crippen LogP contribution < -0.4 is 5.69 Å². The highest BCUT2D eigenvalue weighted by Gasteiger charge is 2.30. The SMILES string of the molecule is O=c1[nH]nnn1-c1ccc(SC(F)(F)F)c(Cl)c1. The summed E-state index contributed by atoms with van der Waals surface area (Å²) in [6.45, 7) is 0.